The molecule has 0 radical (unpaired) electrons. The largest absolute Gasteiger partial charge is 0.314 e. The minimum atomic E-state index is 0.582. The van der Waals surface area contributed by atoms with Crippen LogP contribution in [0.2, 0.25) is 0 Å². The van der Waals surface area contributed by atoms with E-state index in [4.69, 9.17) is 0 Å². The first kappa shape index (κ1) is 14.6. The summed E-state index contributed by atoms with van der Waals surface area (Å²) in [5.41, 5.74) is 2.90. The van der Waals surface area contributed by atoms with Crippen molar-refractivity contribution >= 4 is 0 Å². The van der Waals surface area contributed by atoms with E-state index in [1.54, 1.807) is 0 Å². The van der Waals surface area contributed by atoms with Crippen LogP contribution in [0.15, 0.2) is 24.3 Å². The molecule has 1 N–H and O–H groups in total. The lowest BCUT2D eigenvalue weighted by Gasteiger charge is -2.28. The lowest BCUT2D eigenvalue weighted by atomic mass is 9.82. The highest BCUT2D eigenvalue weighted by atomic mass is 14.9. The van der Waals surface area contributed by atoms with Crippen molar-refractivity contribution in [3.63, 3.8) is 0 Å². The standard InChI is InChI=1S/C18H29N/c1-14-7-6-9-17(11-14)13-19-16(3)12-18-10-5-4-8-15(18)2/h4-5,8,10,14,16-17,19H,6-7,9,11-13H2,1-3H3. The second-order valence-corrected chi connectivity index (χ2v) is 6.58. The van der Waals surface area contributed by atoms with Gasteiger partial charge >= 0.3 is 0 Å². The molecule has 1 aliphatic rings. The molecule has 3 atom stereocenters. The van der Waals surface area contributed by atoms with E-state index in [0.29, 0.717) is 6.04 Å². The molecule has 0 spiro atoms. The van der Waals surface area contributed by atoms with Gasteiger partial charge in [0.15, 0.2) is 0 Å². The molecule has 0 aliphatic heterocycles. The lowest BCUT2D eigenvalue weighted by molar-refractivity contribution is 0.268. The number of aryl methyl sites for hydroxylation is 1. The first-order valence-corrected chi connectivity index (χ1v) is 7.93. The van der Waals surface area contributed by atoms with Gasteiger partial charge in [-0.25, -0.2) is 0 Å². The van der Waals surface area contributed by atoms with Gasteiger partial charge in [0.25, 0.3) is 0 Å². The Morgan fingerprint density at radius 2 is 2.05 bits per heavy atom. The van der Waals surface area contributed by atoms with Gasteiger partial charge in [-0.3, -0.25) is 0 Å². The zero-order valence-electron chi connectivity index (χ0n) is 12.8. The van der Waals surface area contributed by atoms with Crippen molar-refractivity contribution in [3.8, 4) is 0 Å². The Hall–Kier alpha value is -0.820. The van der Waals surface area contributed by atoms with Crippen LogP contribution in [0.5, 0.6) is 0 Å². The molecular weight excluding hydrogens is 230 g/mol. The Morgan fingerprint density at radius 3 is 2.79 bits per heavy atom. The monoisotopic (exact) mass is 259 g/mol. The predicted octanol–water partition coefficient (Wildman–Crippen LogP) is 4.34. The van der Waals surface area contributed by atoms with E-state index in [0.717, 1.165) is 18.3 Å². The summed E-state index contributed by atoms with van der Waals surface area (Å²) in [6.07, 6.45) is 6.86. The topological polar surface area (TPSA) is 12.0 Å². The van der Waals surface area contributed by atoms with Gasteiger partial charge in [0.1, 0.15) is 0 Å². The van der Waals surface area contributed by atoms with Crippen LogP contribution >= 0.6 is 0 Å². The average molecular weight is 259 g/mol. The molecule has 2 rings (SSSR count). The van der Waals surface area contributed by atoms with E-state index >= 15 is 0 Å². The van der Waals surface area contributed by atoms with Crippen molar-refractivity contribution in [2.24, 2.45) is 11.8 Å². The summed E-state index contributed by atoms with van der Waals surface area (Å²) >= 11 is 0. The van der Waals surface area contributed by atoms with Gasteiger partial charge in [0.2, 0.25) is 0 Å². The highest BCUT2D eigenvalue weighted by Crippen LogP contribution is 2.28. The Balaban J connectivity index is 1.75. The van der Waals surface area contributed by atoms with Crippen molar-refractivity contribution in [3.05, 3.63) is 35.4 Å². The minimum absolute atomic E-state index is 0.582. The van der Waals surface area contributed by atoms with Gasteiger partial charge in [-0.1, -0.05) is 44.0 Å². The van der Waals surface area contributed by atoms with Gasteiger partial charge in [0.05, 0.1) is 0 Å². The van der Waals surface area contributed by atoms with Gasteiger partial charge in [0, 0.05) is 6.04 Å². The first-order chi connectivity index (χ1) is 9.15. The van der Waals surface area contributed by atoms with Gasteiger partial charge in [-0.05, 0) is 62.6 Å². The summed E-state index contributed by atoms with van der Waals surface area (Å²) in [5.74, 6) is 1.84. The number of hydrogen-bond acceptors (Lipinski definition) is 1. The van der Waals surface area contributed by atoms with Crippen molar-refractivity contribution in [1.82, 2.24) is 5.32 Å². The fourth-order valence-corrected chi connectivity index (χ4v) is 3.35. The molecule has 106 valence electrons. The summed E-state index contributed by atoms with van der Waals surface area (Å²) in [6, 6.07) is 9.33. The highest BCUT2D eigenvalue weighted by molar-refractivity contribution is 5.26. The smallest absolute Gasteiger partial charge is 0.00793 e. The maximum absolute atomic E-state index is 3.75. The van der Waals surface area contributed by atoms with E-state index in [1.165, 1.54) is 43.4 Å². The van der Waals surface area contributed by atoms with E-state index in [-0.39, 0.29) is 0 Å². The third kappa shape index (κ3) is 4.65. The van der Waals surface area contributed by atoms with Crippen LogP contribution in [0.4, 0.5) is 0 Å². The third-order valence-corrected chi connectivity index (χ3v) is 4.59. The fraction of sp³-hybridized carbons (Fsp3) is 0.667. The molecule has 0 heterocycles. The van der Waals surface area contributed by atoms with Crippen molar-refractivity contribution in [2.45, 2.75) is 58.9 Å². The molecule has 3 unspecified atom stereocenters. The molecule has 1 fully saturated rings. The van der Waals surface area contributed by atoms with E-state index in [2.05, 4.69) is 50.4 Å². The summed E-state index contributed by atoms with van der Waals surface area (Å²) < 4.78 is 0. The van der Waals surface area contributed by atoms with E-state index in [9.17, 15) is 0 Å². The van der Waals surface area contributed by atoms with Crippen molar-refractivity contribution in [2.75, 3.05) is 6.54 Å². The number of hydrogen-bond donors (Lipinski definition) is 1. The molecule has 19 heavy (non-hydrogen) atoms. The second kappa shape index (κ2) is 7.09. The first-order valence-electron chi connectivity index (χ1n) is 7.93. The molecular formula is C18H29N. The van der Waals surface area contributed by atoms with Crippen LogP contribution in [0.25, 0.3) is 0 Å². The van der Waals surface area contributed by atoms with Gasteiger partial charge < -0.3 is 5.32 Å². The lowest BCUT2D eigenvalue weighted by Crippen LogP contribution is -2.34. The number of nitrogens with one attached hydrogen (secondary N) is 1. The minimum Gasteiger partial charge on any atom is -0.314 e. The predicted molar refractivity (Wildman–Crippen MR) is 83.5 cm³/mol. The number of rotatable bonds is 5. The molecule has 1 aromatic carbocycles. The van der Waals surface area contributed by atoms with Crippen LogP contribution in [0.3, 0.4) is 0 Å². The molecule has 0 amide bonds. The maximum atomic E-state index is 3.75. The number of benzene rings is 1. The van der Waals surface area contributed by atoms with Gasteiger partial charge in [-0.2, -0.15) is 0 Å². The van der Waals surface area contributed by atoms with E-state index < -0.39 is 0 Å². The highest BCUT2D eigenvalue weighted by Gasteiger charge is 2.19. The van der Waals surface area contributed by atoms with Crippen LogP contribution in [0, 0.1) is 18.8 Å². The molecule has 0 saturated heterocycles. The second-order valence-electron chi connectivity index (χ2n) is 6.58. The zero-order valence-corrected chi connectivity index (χ0v) is 12.8. The normalized spacial score (nSPS) is 25.2. The molecule has 1 aromatic rings. The van der Waals surface area contributed by atoms with Crippen LogP contribution in [-0.4, -0.2) is 12.6 Å². The zero-order chi connectivity index (χ0) is 13.7. The quantitative estimate of drug-likeness (QED) is 0.829. The van der Waals surface area contributed by atoms with E-state index in [1.807, 2.05) is 0 Å². The molecule has 0 aromatic heterocycles. The van der Waals surface area contributed by atoms with Crippen molar-refractivity contribution in [1.29, 1.82) is 0 Å². The Labute approximate surface area is 118 Å². The van der Waals surface area contributed by atoms with Crippen LogP contribution in [0.1, 0.15) is 50.7 Å². The fourth-order valence-electron chi connectivity index (χ4n) is 3.35. The SMILES string of the molecule is Cc1ccccc1CC(C)NCC1CCCC(C)C1. The Kier molecular flexibility index (Phi) is 5.45. The molecule has 0 bridgehead atoms. The Bertz CT molecular complexity index is 385. The van der Waals surface area contributed by atoms with Crippen LogP contribution < -0.4 is 5.32 Å². The maximum Gasteiger partial charge on any atom is 0.00793 e. The summed E-state index contributed by atoms with van der Waals surface area (Å²) in [5, 5.41) is 3.75. The van der Waals surface area contributed by atoms with Crippen molar-refractivity contribution < 1.29 is 0 Å². The average Bonchev–Trinajstić information content (AvgIpc) is 2.39. The summed E-state index contributed by atoms with van der Waals surface area (Å²) in [4.78, 5) is 0. The van der Waals surface area contributed by atoms with Gasteiger partial charge in [-0.15, -0.1) is 0 Å². The molecule has 1 aliphatic carbocycles. The third-order valence-electron chi connectivity index (χ3n) is 4.59. The summed E-state index contributed by atoms with van der Waals surface area (Å²) in [6.45, 7) is 8.14. The molecule has 1 heteroatoms. The molecule has 1 saturated carbocycles. The summed E-state index contributed by atoms with van der Waals surface area (Å²) in [7, 11) is 0. The van der Waals surface area contributed by atoms with Crippen LogP contribution in [-0.2, 0) is 6.42 Å². The Morgan fingerprint density at radius 1 is 1.26 bits per heavy atom. The molecule has 1 nitrogen and oxygen atoms in total.